The molecule has 0 radical (unpaired) electrons. The Kier molecular flexibility index (Phi) is 4.78. The molecule has 8 heteroatoms. The van der Waals surface area contributed by atoms with Gasteiger partial charge in [0.15, 0.2) is 0 Å². The van der Waals surface area contributed by atoms with Crippen LogP contribution in [0.4, 0.5) is 10.5 Å². The highest BCUT2D eigenvalue weighted by atomic mass is 32.2. The zero-order valence-corrected chi connectivity index (χ0v) is 10.8. The standard InChI is InChI=1S/C10H14N4O3S/c1-6(9(15)14-10(16)12-2)18(17)8-3-4-13-5-7(8)11/h3-6H,11H2,1-2H3,(H2,12,14,15,16). The average Bonchev–Trinajstić information content (AvgIpc) is 2.37. The number of aromatic nitrogens is 1. The number of urea groups is 1. The molecule has 1 rings (SSSR count). The highest BCUT2D eigenvalue weighted by Gasteiger charge is 2.24. The molecule has 0 aliphatic rings. The second-order valence-electron chi connectivity index (χ2n) is 3.42. The van der Waals surface area contributed by atoms with Crippen molar-refractivity contribution in [1.82, 2.24) is 15.6 Å². The van der Waals surface area contributed by atoms with Gasteiger partial charge < -0.3 is 11.1 Å². The van der Waals surface area contributed by atoms with Crippen molar-refractivity contribution in [3.05, 3.63) is 18.5 Å². The lowest BCUT2D eigenvalue weighted by Crippen LogP contribution is -2.43. The topological polar surface area (TPSA) is 114 Å². The van der Waals surface area contributed by atoms with Gasteiger partial charge in [-0.2, -0.15) is 0 Å². The molecule has 2 atom stereocenters. The highest BCUT2D eigenvalue weighted by Crippen LogP contribution is 2.17. The number of imide groups is 1. The summed E-state index contributed by atoms with van der Waals surface area (Å²) in [7, 11) is -0.265. The van der Waals surface area contributed by atoms with Crippen LogP contribution in [0.25, 0.3) is 0 Å². The SMILES string of the molecule is CNC(=O)NC(=O)C(C)S(=O)c1ccncc1N. The maximum atomic E-state index is 12.1. The Balaban J connectivity index is 2.82. The molecule has 0 aliphatic heterocycles. The van der Waals surface area contributed by atoms with Gasteiger partial charge in [0.2, 0.25) is 5.91 Å². The number of nitrogens with zero attached hydrogens (tertiary/aromatic N) is 1. The molecule has 98 valence electrons. The summed E-state index contributed by atoms with van der Waals surface area (Å²) < 4.78 is 12.1. The van der Waals surface area contributed by atoms with Crippen molar-refractivity contribution in [3.8, 4) is 0 Å². The molecular weight excluding hydrogens is 256 g/mol. The van der Waals surface area contributed by atoms with Crippen molar-refractivity contribution in [2.75, 3.05) is 12.8 Å². The van der Waals surface area contributed by atoms with E-state index < -0.39 is 28.0 Å². The van der Waals surface area contributed by atoms with E-state index >= 15 is 0 Å². The summed E-state index contributed by atoms with van der Waals surface area (Å²) in [6.45, 7) is 1.45. The fourth-order valence-electron chi connectivity index (χ4n) is 1.14. The van der Waals surface area contributed by atoms with Crippen LogP contribution in [0.2, 0.25) is 0 Å². The number of amides is 3. The van der Waals surface area contributed by atoms with Crippen LogP contribution in [0.5, 0.6) is 0 Å². The first kappa shape index (κ1) is 14.1. The first-order valence-corrected chi connectivity index (χ1v) is 6.31. The van der Waals surface area contributed by atoms with E-state index in [1.807, 2.05) is 0 Å². The molecule has 0 fully saturated rings. The first-order chi connectivity index (χ1) is 8.47. The molecule has 7 nitrogen and oxygen atoms in total. The minimum atomic E-state index is -1.65. The zero-order valence-electron chi connectivity index (χ0n) is 9.97. The fraction of sp³-hybridized carbons (Fsp3) is 0.300. The molecule has 0 bridgehead atoms. The number of hydrogen-bond acceptors (Lipinski definition) is 5. The molecule has 18 heavy (non-hydrogen) atoms. The average molecular weight is 270 g/mol. The van der Waals surface area contributed by atoms with Crippen LogP contribution in [0, 0.1) is 0 Å². The van der Waals surface area contributed by atoms with E-state index in [9.17, 15) is 13.8 Å². The van der Waals surface area contributed by atoms with E-state index in [4.69, 9.17) is 5.73 Å². The molecule has 2 unspecified atom stereocenters. The van der Waals surface area contributed by atoms with Crippen molar-refractivity contribution >= 4 is 28.4 Å². The summed E-state index contributed by atoms with van der Waals surface area (Å²) in [5.41, 5.74) is 5.87. The van der Waals surface area contributed by atoms with Crippen molar-refractivity contribution < 1.29 is 13.8 Å². The number of carbonyl (C=O) groups is 2. The lowest BCUT2D eigenvalue weighted by molar-refractivity contribution is -0.119. The second kappa shape index (κ2) is 6.10. The van der Waals surface area contributed by atoms with Gasteiger partial charge >= 0.3 is 6.03 Å². The molecule has 0 saturated heterocycles. The predicted molar refractivity (Wildman–Crippen MR) is 67.1 cm³/mol. The van der Waals surface area contributed by atoms with Crippen LogP contribution in [-0.4, -0.2) is 33.4 Å². The maximum absolute atomic E-state index is 12.1. The Morgan fingerprint density at radius 3 is 2.72 bits per heavy atom. The Labute approximate surface area is 107 Å². The molecule has 4 N–H and O–H groups in total. The molecular formula is C10H14N4O3S. The van der Waals surface area contributed by atoms with Gasteiger partial charge in [-0.3, -0.25) is 19.3 Å². The molecule has 0 aromatic carbocycles. The van der Waals surface area contributed by atoms with E-state index in [2.05, 4.69) is 15.6 Å². The lowest BCUT2D eigenvalue weighted by Gasteiger charge is -2.12. The van der Waals surface area contributed by atoms with Gasteiger partial charge in [-0.15, -0.1) is 0 Å². The van der Waals surface area contributed by atoms with Gasteiger partial charge in [0.05, 0.1) is 27.6 Å². The molecule has 1 aromatic rings. The van der Waals surface area contributed by atoms with Gasteiger partial charge in [0.25, 0.3) is 0 Å². The highest BCUT2D eigenvalue weighted by molar-refractivity contribution is 7.86. The largest absolute Gasteiger partial charge is 0.396 e. The lowest BCUT2D eigenvalue weighted by atomic mass is 10.4. The first-order valence-electron chi connectivity index (χ1n) is 5.10. The third-order valence-corrected chi connectivity index (χ3v) is 3.84. The van der Waals surface area contributed by atoms with Gasteiger partial charge in [0, 0.05) is 13.2 Å². The molecule has 0 aliphatic carbocycles. The number of nitrogens with one attached hydrogen (secondary N) is 2. The normalized spacial score (nSPS) is 13.4. The summed E-state index contributed by atoms with van der Waals surface area (Å²) in [6, 6.07) is 0.835. The molecule has 0 spiro atoms. The van der Waals surface area contributed by atoms with E-state index in [0.717, 1.165) is 0 Å². The third kappa shape index (κ3) is 3.27. The second-order valence-corrected chi connectivity index (χ2v) is 5.16. The van der Waals surface area contributed by atoms with Gasteiger partial charge in [-0.25, -0.2) is 4.79 Å². The van der Waals surface area contributed by atoms with Crippen molar-refractivity contribution in [1.29, 1.82) is 0 Å². The molecule has 1 aromatic heterocycles. The summed E-state index contributed by atoms with van der Waals surface area (Å²) >= 11 is 0. The van der Waals surface area contributed by atoms with Crippen LogP contribution in [0.15, 0.2) is 23.4 Å². The Morgan fingerprint density at radius 2 is 2.17 bits per heavy atom. The summed E-state index contributed by atoms with van der Waals surface area (Å²) in [4.78, 5) is 26.7. The minimum absolute atomic E-state index is 0.246. The summed E-state index contributed by atoms with van der Waals surface area (Å²) in [5, 5.41) is 3.40. The van der Waals surface area contributed by atoms with Crippen LogP contribution in [0.3, 0.4) is 0 Å². The fourth-order valence-corrected chi connectivity index (χ4v) is 2.26. The molecule has 0 saturated carbocycles. The quantitative estimate of drug-likeness (QED) is 0.692. The number of pyridine rings is 1. The Hall–Kier alpha value is -1.96. The van der Waals surface area contributed by atoms with Crippen LogP contribution >= 0.6 is 0 Å². The van der Waals surface area contributed by atoms with E-state index in [-0.39, 0.29) is 5.69 Å². The van der Waals surface area contributed by atoms with Crippen LogP contribution < -0.4 is 16.4 Å². The number of nitrogen functional groups attached to an aromatic ring is 1. The molecule has 3 amide bonds. The van der Waals surface area contributed by atoms with Gasteiger partial charge in [-0.05, 0) is 13.0 Å². The van der Waals surface area contributed by atoms with Crippen molar-refractivity contribution in [3.63, 3.8) is 0 Å². The minimum Gasteiger partial charge on any atom is -0.396 e. The smallest absolute Gasteiger partial charge is 0.321 e. The zero-order chi connectivity index (χ0) is 13.7. The van der Waals surface area contributed by atoms with Crippen molar-refractivity contribution in [2.45, 2.75) is 17.1 Å². The molecule has 1 heterocycles. The van der Waals surface area contributed by atoms with Gasteiger partial charge in [0.1, 0.15) is 5.25 Å². The summed E-state index contributed by atoms with van der Waals surface area (Å²) in [6.07, 6.45) is 2.80. The van der Waals surface area contributed by atoms with E-state index in [0.29, 0.717) is 4.90 Å². The van der Waals surface area contributed by atoms with Crippen molar-refractivity contribution in [2.24, 2.45) is 0 Å². The van der Waals surface area contributed by atoms with Gasteiger partial charge in [-0.1, -0.05) is 0 Å². The predicted octanol–water partition coefficient (Wildman–Crippen LogP) is -0.385. The Morgan fingerprint density at radius 1 is 1.50 bits per heavy atom. The number of hydrogen-bond donors (Lipinski definition) is 3. The number of anilines is 1. The van der Waals surface area contributed by atoms with E-state index in [1.165, 1.54) is 32.4 Å². The third-order valence-electron chi connectivity index (χ3n) is 2.18. The maximum Gasteiger partial charge on any atom is 0.321 e. The summed E-state index contributed by atoms with van der Waals surface area (Å²) in [5.74, 6) is -0.635. The number of nitrogens with two attached hydrogens (primary N) is 1. The van der Waals surface area contributed by atoms with E-state index in [1.54, 1.807) is 0 Å². The number of carbonyl (C=O) groups excluding carboxylic acids is 2. The van der Waals surface area contributed by atoms with Crippen LogP contribution in [0.1, 0.15) is 6.92 Å². The monoisotopic (exact) mass is 270 g/mol. The number of rotatable bonds is 3. The van der Waals surface area contributed by atoms with Crippen LogP contribution in [-0.2, 0) is 15.6 Å². The Bertz CT molecular complexity index is 492.